The van der Waals surface area contributed by atoms with Crippen molar-refractivity contribution in [2.45, 2.75) is 26.7 Å². The Labute approximate surface area is 128 Å². The summed E-state index contributed by atoms with van der Waals surface area (Å²) in [7, 11) is 3.32. The molecule has 1 atom stereocenters. The molecule has 0 saturated heterocycles. The Morgan fingerprint density at radius 3 is 2.43 bits per heavy atom. The second-order valence-electron chi connectivity index (χ2n) is 5.57. The molecule has 0 saturated carbocycles. The van der Waals surface area contributed by atoms with Crippen LogP contribution >= 0.6 is 0 Å². The monoisotopic (exact) mass is 296 g/mol. The zero-order chi connectivity index (χ0) is 15.7. The predicted octanol–water partition coefficient (Wildman–Crippen LogP) is 2.92. The summed E-state index contributed by atoms with van der Waals surface area (Å²) in [4.78, 5) is 0. The van der Waals surface area contributed by atoms with E-state index >= 15 is 0 Å². The third-order valence-electron chi connectivity index (χ3n) is 3.65. The Morgan fingerprint density at radius 1 is 1.10 bits per heavy atom. The zero-order valence-electron chi connectivity index (χ0n) is 13.6. The lowest BCUT2D eigenvalue weighted by Gasteiger charge is -2.19. The Hall–Kier alpha value is -1.26. The van der Waals surface area contributed by atoms with Crippen LogP contribution in [0.1, 0.15) is 25.8 Å². The molecule has 0 amide bonds. The zero-order valence-corrected chi connectivity index (χ0v) is 13.6. The van der Waals surface area contributed by atoms with E-state index in [4.69, 9.17) is 14.2 Å². The molecule has 1 N–H and O–H groups in total. The molecule has 0 bridgehead atoms. The number of aliphatic hydroxyl groups excluding tert-OH is 1. The molecule has 120 valence electrons. The fraction of sp³-hybridized carbons (Fsp3) is 0.647. The maximum absolute atomic E-state index is 9.46. The van der Waals surface area contributed by atoms with Crippen LogP contribution in [0.15, 0.2) is 18.2 Å². The van der Waals surface area contributed by atoms with Crippen molar-refractivity contribution >= 4 is 0 Å². The van der Waals surface area contributed by atoms with E-state index in [1.165, 1.54) is 0 Å². The molecule has 1 aromatic carbocycles. The number of hydrogen-bond acceptors (Lipinski definition) is 4. The summed E-state index contributed by atoms with van der Waals surface area (Å²) in [6, 6.07) is 5.97. The van der Waals surface area contributed by atoms with E-state index < -0.39 is 0 Å². The first-order valence-corrected chi connectivity index (χ1v) is 7.51. The van der Waals surface area contributed by atoms with Crippen molar-refractivity contribution in [1.29, 1.82) is 0 Å². The average molecular weight is 296 g/mol. The topological polar surface area (TPSA) is 47.9 Å². The van der Waals surface area contributed by atoms with Gasteiger partial charge in [-0.3, -0.25) is 0 Å². The summed E-state index contributed by atoms with van der Waals surface area (Å²) in [5.74, 6) is 2.20. The second kappa shape index (κ2) is 9.64. The minimum atomic E-state index is 0.202. The lowest BCUT2D eigenvalue weighted by Crippen LogP contribution is -2.16. The van der Waals surface area contributed by atoms with Crippen molar-refractivity contribution in [3.8, 4) is 11.5 Å². The Kier molecular flexibility index (Phi) is 8.16. The third-order valence-corrected chi connectivity index (χ3v) is 3.65. The van der Waals surface area contributed by atoms with Crippen molar-refractivity contribution < 1.29 is 19.3 Å². The van der Waals surface area contributed by atoms with Crippen molar-refractivity contribution in [3.05, 3.63) is 23.8 Å². The standard InChI is InChI=1S/C17H28O4/c1-13(2)15(12-18)10-14-6-7-16(20-4)17(11-14)21-9-5-8-19-3/h6-7,11,13,15,18H,5,8-10,12H2,1-4H3. The summed E-state index contributed by atoms with van der Waals surface area (Å²) in [5.41, 5.74) is 1.16. The lowest BCUT2D eigenvalue weighted by atomic mass is 9.90. The van der Waals surface area contributed by atoms with Gasteiger partial charge in [-0.25, -0.2) is 0 Å². The molecule has 1 aromatic rings. The summed E-state index contributed by atoms with van der Waals surface area (Å²) in [5, 5.41) is 9.46. The van der Waals surface area contributed by atoms with Crippen LogP contribution in [0, 0.1) is 11.8 Å². The first-order valence-electron chi connectivity index (χ1n) is 7.51. The van der Waals surface area contributed by atoms with Crippen LogP contribution in [0.3, 0.4) is 0 Å². The van der Waals surface area contributed by atoms with Gasteiger partial charge in [-0.1, -0.05) is 19.9 Å². The highest BCUT2D eigenvalue weighted by Crippen LogP contribution is 2.30. The molecule has 0 fully saturated rings. The number of benzene rings is 1. The first kappa shape index (κ1) is 17.8. The van der Waals surface area contributed by atoms with Gasteiger partial charge in [-0.15, -0.1) is 0 Å². The Bertz CT molecular complexity index is 404. The molecular weight excluding hydrogens is 268 g/mol. The third kappa shape index (κ3) is 5.94. The molecule has 1 rings (SSSR count). The van der Waals surface area contributed by atoms with E-state index in [1.807, 2.05) is 18.2 Å². The number of aliphatic hydroxyl groups is 1. The SMILES string of the molecule is COCCCOc1cc(CC(CO)C(C)C)ccc1OC. The Morgan fingerprint density at radius 2 is 1.86 bits per heavy atom. The van der Waals surface area contributed by atoms with Gasteiger partial charge in [0, 0.05) is 26.7 Å². The van der Waals surface area contributed by atoms with Gasteiger partial charge in [0.15, 0.2) is 11.5 Å². The molecule has 0 spiro atoms. The summed E-state index contributed by atoms with van der Waals surface area (Å²) >= 11 is 0. The summed E-state index contributed by atoms with van der Waals surface area (Å²) in [6.45, 7) is 5.75. The van der Waals surface area contributed by atoms with Crippen molar-refractivity contribution in [1.82, 2.24) is 0 Å². The lowest BCUT2D eigenvalue weighted by molar-refractivity contribution is 0.170. The van der Waals surface area contributed by atoms with Crippen LogP contribution in [0.2, 0.25) is 0 Å². The minimum absolute atomic E-state index is 0.202. The highest BCUT2D eigenvalue weighted by atomic mass is 16.5. The molecule has 0 aliphatic carbocycles. The molecule has 4 nitrogen and oxygen atoms in total. The van der Waals surface area contributed by atoms with Crippen molar-refractivity contribution in [2.75, 3.05) is 34.0 Å². The molecule has 0 aliphatic rings. The van der Waals surface area contributed by atoms with Gasteiger partial charge < -0.3 is 19.3 Å². The van der Waals surface area contributed by atoms with E-state index in [1.54, 1.807) is 14.2 Å². The van der Waals surface area contributed by atoms with Crippen LogP contribution in [-0.2, 0) is 11.2 Å². The predicted molar refractivity (Wildman–Crippen MR) is 84.1 cm³/mol. The largest absolute Gasteiger partial charge is 0.493 e. The maximum atomic E-state index is 9.46. The van der Waals surface area contributed by atoms with Gasteiger partial charge >= 0.3 is 0 Å². The van der Waals surface area contributed by atoms with Gasteiger partial charge in [-0.2, -0.15) is 0 Å². The van der Waals surface area contributed by atoms with Crippen LogP contribution in [-0.4, -0.2) is 39.1 Å². The van der Waals surface area contributed by atoms with Gasteiger partial charge in [-0.05, 0) is 36.0 Å². The normalized spacial score (nSPS) is 12.5. The van der Waals surface area contributed by atoms with E-state index in [0.29, 0.717) is 19.1 Å². The molecule has 0 aliphatic heterocycles. The van der Waals surface area contributed by atoms with Crippen LogP contribution in [0.25, 0.3) is 0 Å². The Balaban J connectivity index is 2.74. The van der Waals surface area contributed by atoms with Crippen LogP contribution < -0.4 is 9.47 Å². The fourth-order valence-corrected chi connectivity index (χ4v) is 2.16. The molecule has 1 unspecified atom stereocenters. The van der Waals surface area contributed by atoms with Gasteiger partial charge in [0.25, 0.3) is 0 Å². The number of ether oxygens (including phenoxy) is 3. The number of hydrogen-bond donors (Lipinski definition) is 1. The average Bonchev–Trinajstić information content (AvgIpc) is 2.49. The van der Waals surface area contributed by atoms with E-state index in [0.717, 1.165) is 29.9 Å². The van der Waals surface area contributed by atoms with Gasteiger partial charge in [0.1, 0.15) is 0 Å². The highest BCUT2D eigenvalue weighted by molar-refractivity contribution is 5.43. The van der Waals surface area contributed by atoms with E-state index in [2.05, 4.69) is 13.8 Å². The minimum Gasteiger partial charge on any atom is -0.493 e. The van der Waals surface area contributed by atoms with E-state index in [-0.39, 0.29) is 12.5 Å². The van der Waals surface area contributed by atoms with Crippen molar-refractivity contribution in [2.24, 2.45) is 11.8 Å². The fourth-order valence-electron chi connectivity index (χ4n) is 2.16. The molecule has 21 heavy (non-hydrogen) atoms. The van der Waals surface area contributed by atoms with Crippen molar-refractivity contribution in [3.63, 3.8) is 0 Å². The first-order chi connectivity index (χ1) is 10.1. The molecule has 0 radical (unpaired) electrons. The maximum Gasteiger partial charge on any atom is 0.161 e. The molecule has 0 heterocycles. The molecule has 4 heteroatoms. The smallest absolute Gasteiger partial charge is 0.161 e. The number of rotatable bonds is 10. The number of methoxy groups -OCH3 is 2. The van der Waals surface area contributed by atoms with Crippen LogP contribution in [0.5, 0.6) is 11.5 Å². The highest BCUT2D eigenvalue weighted by Gasteiger charge is 2.14. The van der Waals surface area contributed by atoms with Crippen LogP contribution in [0.4, 0.5) is 0 Å². The quantitative estimate of drug-likeness (QED) is 0.674. The van der Waals surface area contributed by atoms with E-state index in [9.17, 15) is 5.11 Å². The second-order valence-corrected chi connectivity index (χ2v) is 5.57. The molecule has 0 aromatic heterocycles. The molecular formula is C17H28O4. The summed E-state index contributed by atoms with van der Waals surface area (Å²) < 4.78 is 16.1. The van der Waals surface area contributed by atoms with Gasteiger partial charge in [0.2, 0.25) is 0 Å². The summed E-state index contributed by atoms with van der Waals surface area (Å²) in [6.07, 6.45) is 1.68. The van der Waals surface area contributed by atoms with Gasteiger partial charge in [0.05, 0.1) is 13.7 Å².